The van der Waals surface area contributed by atoms with Crippen LogP contribution in [0, 0.1) is 23.5 Å². The third-order valence-electron chi connectivity index (χ3n) is 4.22. The predicted molar refractivity (Wildman–Crippen MR) is 78.1 cm³/mol. The van der Waals surface area contributed by atoms with Gasteiger partial charge in [-0.3, -0.25) is 4.79 Å². The Labute approximate surface area is 124 Å². The number of likely N-dealkylation sites (tertiary alicyclic amines) is 1. The number of halogens is 2. The first-order valence-corrected chi connectivity index (χ1v) is 7.47. The quantitative estimate of drug-likeness (QED) is 0.877. The first-order chi connectivity index (χ1) is 9.86. The third kappa shape index (κ3) is 4.00. The third-order valence-corrected chi connectivity index (χ3v) is 4.22. The van der Waals surface area contributed by atoms with Crippen LogP contribution in [0.1, 0.15) is 27.2 Å². The van der Waals surface area contributed by atoms with E-state index in [1.165, 1.54) is 17.4 Å². The van der Waals surface area contributed by atoms with Gasteiger partial charge in [-0.15, -0.1) is 0 Å². The van der Waals surface area contributed by atoms with Crippen molar-refractivity contribution in [1.29, 1.82) is 0 Å². The van der Waals surface area contributed by atoms with Crippen molar-refractivity contribution in [3.63, 3.8) is 0 Å². The molecule has 0 aliphatic carbocycles. The smallest absolute Gasteiger partial charge is 0.282 e. The van der Waals surface area contributed by atoms with Crippen LogP contribution in [0.2, 0.25) is 0 Å². The van der Waals surface area contributed by atoms with Gasteiger partial charge in [-0.25, -0.2) is 8.78 Å². The monoisotopic (exact) mass is 297 g/mol. The number of piperidine rings is 1. The van der Waals surface area contributed by atoms with Crippen LogP contribution >= 0.6 is 0 Å². The molecule has 0 bridgehead atoms. The first-order valence-electron chi connectivity index (χ1n) is 7.47. The van der Waals surface area contributed by atoms with E-state index < -0.39 is 11.6 Å². The molecule has 1 aromatic carbocycles. The Morgan fingerprint density at radius 1 is 1.29 bits per heavy atom. The normalized spacial score (nSPS) is 27.2. The highest BCUT2D eigenvalue weighted by Crippen LogP contribution is 2.16. The molecule has 1 aliphatic rings. The van der Waals surface area contributed by atoms with Crippen LogP contribution < -0.4 is 10.2 Å². The summed E-state index contributed by atoms with van der Waals surface area (Å²) in [6.45, 7) is 8.15. The molecule has 1 aromatic rings. The van der Waals surface area contributed by atoms with Gasteiger partial charge in [0.1, 0.15) is 11.6 Å². The number of rotatable bonds is 3. The number of anilines is 1. The van der Waals surface area contributed by atoms with Gasteiger partial charge in [-0.05, 0) is 25.5 Å². The van der Waals surface area contributed by atoms with Gasteiger partial charge in [0.25, 0.3) is 5.91 Å². The molecule has 0 saturated carbocycles. The van der Waals surface area contributed by atoms with E-state index in [9.17, 15) is 13.6 Å². The Morgan fingerprint density at radius 2 is 1.90 bits per heavy atom. The van der Waals surface area contributed by atoms with E-state index in [0.29, 0.717) is 11.8 Å². The van der Waals surface area contributed by atoms with Crippen molar-refractivity contribution in [2.75, 3.05) is 18.4 Å². The van der Waals surface area contributed by atoms with Crippen LogP contribution in [0.5, 0.6) is 0 Å². The molecule has 1 heterocycles. The van der Waals surface area contributed by atoms with Crippen molar-refractivity contribution in [3.8, 4) is 0 Å². The summed E-state index contributed by atoms with van der Waals surface area (Å²) in [6.07, 6.45) is 1.18. The molecule has 0 radical (unpaired) electrons. The molecule has 2 N–H and O–H groups in total. The zero-order chi connectivity index (χ0) is 15.6. The Balaban J connectivity index is 2.02. The van der Waals surface area contributed by atoms with Crippen molar-refractivity contribution < 1.29 is 18.5 Å². The lowest BCUT2D eigenvalue weighted by Gasteiger charge is -2.35. The van der Waals surface area contributed by atoms with Crippen LogP contribution in [0.25, 0.3) is 0 Å². The summed E-state index contributed by atoms with van der Waals surface area (Å²) in [4.78, 5) is 13.5. The van der Waals surface area contributed by atoms with E-state index in [-0.39, 0.29) is 17.6 Å². The molecule has 3 atom stereocenters. The van der Waals surface area contributed by atoms with Crippen LogP contribution in [-0.4, -0.2) is 25.0 Å². The summed E-state index contributed by atoms with van der Waals surface area (Å²) >= 11 is 0. The summed E-state index contributed by atoms with van der Waals surface area (Å²) in [7, 11) is 0. The number of benzene rings is 1. The number of carbonyl (C=O) groups excluding carboxylic acids is 1. The molecule has 5 heteroatoms. The zero-order valence-corrected chi connectivity index (χ0v) is 12.7. The van der Waals surface area contributed by atoms with Gasteiger partial charge in [-0.2, -0.15) is 0 Å². The minimum absolute atomic E-state index is 0.0331. The maximum atomic E-state index is 13.6. The van der Waals surface area contributed by atoms with Crippen LogP contribution in [-0.2, 0) is 4.79 Å². The van der Waals surface area contributed by atoms with E-state index >= 15 is 0 Å². The van der Waals surface area contributed by atoms with Gasteiger partial charge in [0, 0.05) is 17.9 Å². The highest BCUT2D eigenvalue weighted by molar-refractivity contribution is 5.93. The lowest BCUT2D eigenvalue weighted by Crippen LogP contribution is -3.18. The van der Waals surface area contributed by atoms with Gasteiger partial charge >= 0.3 is 0 Å². The predicted octanol–water partition coefficient (Wildman–Crippen LogP) is 1.85. The Kier molecular flexibility index (Phi) is 4.93. The molecular formula is C16H23F2N2O+. The minimum Gasteiger partial charge on any atom is -0.324 e. The maximum Gasteiger partial charge on any atom is 0.282 e. The molecule has 3 nitrogen and oxygen atoms in total. The Bertz CT molecular complexity index is 511. The molecule has 1 saturated heterocycles. The largest absolute Gasteiger partial charge is 0.324 e. The SMILES string of the molecule is C[C@@H]1C[C@@H](C)C[NH+]([C@@H](C)C(=O)Nc2ccc(F)cc2F)C1. The number of nitrogens with one attached hydrogen (secondary N) is 2. The summed E-state index contributed by atoms with van der Waals surface area (Å²) in [6, 6.07) is 2.92. The molecule has 116 valence electrons. The minimum atomic E-state index is -0.745. The number of hydrogen-bond donors (Lipinski definition) is 2. The molecule has 1 aliphatic heterocycles. The van der Waals surface area contributed by atoms with Crippen LogP contribution in [0.3, 0.4) is 0 Å². The fourth-order valence-corrected chi connectivity index (χ4v) is 3.20. The summed E-state index contributed by atoms with van der Waals surface area (Å²) in [5, 5.41) is 2.56. The molecule has 21 heavy (non-hydrogen) atoms. The molecular weight excluding hydrogens is 274 g/mol. The van der Waals surface area contributed by atoms with Crippen molar-refractivity contribution >= 4 is 11.6 Å². The van der Waals surface area contributed by atoms with E-state index in [4.69, 9.17) is 0 Å². The number of hydrogen-bond acceptors (Lipinski definition) is 1. The molecule has 1 fully saturated rings. The standard InChI is InChI=1S/C16H22F2N2O/c1-10-6-11(2)9-20(8-10)12(3)16(21)19-15-5-4-13(17)7-14(15)18/h4-5,7,10-12H,6,8-9H2,1-3H3,(H,19,21)/p+1/t10-,11-,12+/m1/s1. The average Bonchev–Trinajstić information content (AvgIpc) is 2.40. The van der Waals surface area contributed by atoms with Crippen molar-refractivity contribution in [3.05, 3.63) is 29.8 Å². The molecule has 0 unspecified atom stereocenters. The van der Waals surface area contributed by atoms with Crippen LogP contribution in [0.15, 0.2) is 18.2 Å². The lowest BCUT2D eigenvalue weighted by molar-refractivity contribution is -0.925. The number of carbonyl (C=O) groups is 1. The van der Waals surface area contributed by atoms with E-state index in [1.807, 2.05) is 6.92 Å². The van der Waals surface area contributed by atoms with Crippen LogP contribution in [0.4, 0.5) is 14.5 Å². The molecule has 1 amide bonds. The summed E-state index contributed by atoms with van der Waals surface area (Å²) in [5.41, 5.74) is 0.0331. The second-order valence-corrected chi connectivity index (χ2v) is 6.35. The van der Waals surface area contributed by atoms with E-state index in [0.717, 1.165) is 25.2 Å². The van der Waals surface area contributed by atoms with E-state index in [2.05, 4.69) is 19.2 Å². The Hall–Kier alpha value is -1.49. The average molecular weight is 297 g/mol. The van der Waals surface area contributed by atoms with Gasteiger partial charge in [0.15, 0.2) is 6.04 Å². The fraction of sp³-hybridized carbons (Fsp3) is 0.562. The van der Waals surface area contributed by atoms with E-state index in [1.54, 1.807) is 0 Å². The highest BCUT2D eigenvalue weighted by atomic mass is 19.1. The first kappa shape index (κ1) is 15.9. The second kappa shape index (κ2) is 6.52. The van der Waals surface area contributed by atoms with Gasteiger partial charge in [-0.1, -0.05) is 13.8 Å². The second-order valence-electron chi connectivity index (χ2n) is 6.35. The van der Waals surface area contributed by atoms with Gasteiger partial charge in [0.05, 0.1) is 18.8 Å². The van der Waals surface area contributed by atoms with Gasteiger partial charge in [0.2, 0.25) is 0 Å². The zero-order valence-electron chi connectivity index (χ0n) is 12.7. The van der Waals surface area contributed by atoms with Crippen molar-refractivity contribution in [1.82, 2.24) is 0 Å². The summed E-state index contributed by atoms with van der Waals surface area (Å²) in [5.74, 6) is -0.450. The highest BCUT2D eigenvalue weighted by Gasteiger charge is 2.32. The van der Waals surface area contributed by atoms with Gasteiger partial charge < -0.3 is 10.2 Å². The number of quaternary nitrogens is 1. The molecule has 0 aromatic heterocycles. The number of amides is 1. The molecule has 2 rings (SSSR count). The topological polar surface area (TPSA) is 33.5 Å². The molecule has 0 spiro atoms. The lowest BCUT2D eigenvalue weighted by atomic mass is 9.91. The van der Waals surface area contributed by atoms with Crippen molar-refractivity contribution in [2.45, 2.75) is 33.2 Å². The maximum absolute atomic E-state index is 13.6. The Morgan fingerprint density at radius 3 is 2.48 bits per heavy atom. The van der Waals surface area contributed by atoms with Crippen molar-refractivity contribution in [2.24, 2.45) is 11.8 Å². The fourth-order valence-electron chi connectivity index (χ4n) is 3.20. The summed E-state index contributed by atoms with van der Waals surface area (Å²) < 4.78 is 26.4.